The minimum absolute atomic E-state index is 0.340. The number of fused-ring (bicyclic) bond motifs is 1. The summed E-state index contributed by atoms with van der Waals surface area (Å²) in [6.45, 7) is 1.41. The molecule has 20 heavy (non-hydrogen) atoms. The van der Waals surface area contributed by atoms with Crippen LogP contribution in [-0.4, -0.2) is 5.97 Å². The average molecular weight is 268 g/mol. The maximum atomic E-state index is 11.5. The molecule has 1 unspecified atom stereocenters. The predicted molar refractivity (Wildman–Crippen MR) is 75.3 cm³/mol. The smallest absolute Gasteiger partial charge is 0.306 e. The van der Waals surface area contributed by atoms with Crippen LogP contribution in [0.1, 0.15) is 24.5 Å². The number of para-hydroxylation sites is 1. The summed E-state index contributed by atoms with van der Waals surface area (Å²) < 4.78 is 11.6. The van der Waals surface area contributed by atoms with Crippen LogP contribution in [0, 0.1) is 0 Å². The number of hydrogen-bond donors (Lipinski definition) is 0. The van der Waals surface area contributed by atoms with Crippen LogP contribution in [0.2, 0.25) is 0 Å². The highest BCUT2D eigenvalue weighted by atomic mass is 16.7. The lowest BCUT2D eigenvalue weighted by Crippen LogP contribution is -2.41. The Labute approximate surface area is 118 Å². The Bertz CT molecular complexity index is 621. The number of benzene rings is 2. The second-order valence-electron chi connectivity index (χ2n) is 4.92. The van der Waals surface area contributed by atoms with Gasteiger partial charge in [-0.2, -0.15) is 0 Å². The maximum absolute atomic E-state index is 11.5. The molecular weight excluding hydrogens is 252 g/mol. The molecule has 0 bridgehead atoms. The van der Waals surface area contributed by atoms with E-state index >= 15 is 0 Å². The first kappa shape index (κ1) is 12.7. The average Bonchev–Trinajstić information content (AvgIpc) is 2.47. The third kappa shape index (κ3) is 2.27. The first-order valence-electron chi connectivity index (χ1n) is 6.72. The first-order valence-corrected chi connectivity index (χ1v) is 6.72. The lowest BCUT2D eigenvalue weighted by molar-refractivity contribution is -0.207. The summed E-state index contributed by atoms with van der Waals surface area (Å²) in [6.07, 6.45) is 1.44. The Hall–Kier alpha value is -2.29. The SMILES string of the molecule is CC(=O)OC1(c2ccccc2)CCc2ccccc2O1. The van der Waals surface area contributed by atoms with Gasteiger partial charge in [-0.1, -0.05) is 48.5 Å². The fourth-order valence-electron chi connectivity index (χ4n) is 2.60. The molecule has 3 nitrogen and oxygen atoms in total. The highest BCUT2D eigenvalue weighted by Crippen LogP contribution is 2.40. The lowest BCUT2D eigenvalue weighted by atomic mass is 9.94. The molecule has 3 rings (SSSR count). The number of carbonyl (C=O) groups is 1. The predicted octanol–water partition coefficient (Wildman–Crippen LogP) is 3.43. The molecule has 0 saturated heterocycles. The molecule has 1 atom stereocenters. The molecule has 0 radical (unpaired) electrons. The topological polar surface area (TPSA) is 35.5 Å². The van der Waals surface area contributed by atoms with Gasteiger partial charge >= 0.3 is 5.97 Å². The van der Waals surface area contributed by atoms with Crippen molar-refractivity contribution in [1.82, 2.24) is 0 Å². The van der Waals surface area contributed by atoms with Gasteiger partial charge in [0, 0.05) is 18.9 Å². The monoisotopic (exact) mass is 268 g/mol. The number of ether oxygens (including phenoxy) is 2. The van der Waals surface area contributed by atoms with E-state index in [4.69, 9.17) is 9.47 Å². The van der Waals surface area contributed by atoms with Crippen molar-refractivity contribution in [1.29, 1.82) is 0 Å². The third-order valence-electron chi connectivity index (χ3n) is 3.49. The van der Waals surface area contributed by atoms with Gasteiger partial charge in [0.15, 0.2) is 0 Å². The molecule has 0 aliphatic carbocycles. The van der Waals surface area contributed by atoms with Crippen molar-refractivity contribution < 1.29 is 14.3 Å². The highest BCUT2D eigenvalue weighted by Gasteiger charge is 2.41. The van der Waals surface area contributed by atoms with E-state index in [-0.39, 0.29) is 5.97 Å². The number of rotatable bonds is 2. The van der Waals surface area contributed by atoms with E-state index in [0.29, 0.717) is 6.42 Å². The van der Waals surface area contributed by atoms with Crippen LogP contribution in [0.5, 0.6) is 5.75 Å². The number of hydrogen-bond acceptors (Lipinski definition) is 3. The molecule has 1 aliphatic heterocycles. The molecule has 2 aromatic carbocycles. The van der Waals surface area contributed by atoms with E-state index in [1.807, 2.05) is 54.6 Å². The Balaban J connectivity index is 2.03. The Kier molecular flexibility index (Phi) is 3.18. The summed E-state index contributed by atoms with van der Waals surface area (Å²) >= 11 is 0. The van der Waals surface area contributed by atoms with Gasteiger partial charge in [0.05, 0.1) is 0 Å². The lowest BCUT2D eigenvalue weighted by Gasteiger charge is -2.37. The van der Waals surface area contributed by atoms with Gasteiger partial charge in [0.1, 0.15) is 5.75 Å². The van der Waals surface area contributed by atoms with E-state index in [2.05, 4.69) is 0 Å². The zero-order valence-electron chi connectivity index (χ0n) is 11.3. The van der Waals surface area contributed by atoms with Crippen molar-refractivity contribution in [2.45, 2.75) is 25.6 Å². The minimum Gasteiger partial charge on any atom is -0.448 e. The van der Waals surface area contributed by atoms with Crippen LogP contribution in [0.25, 0.3) is 0 Å². The molecule has 1 aliphatic rings. The molecular formula is C17H16O3. The number of aryl methyl sites for hydroxylation is 1. The van der Waals surface area contributed by atoms with Crippen molar-refractivity contribution >= 4 is 5.97 Å². The Morgan fingerprint density at radius 2 is 1.80 bits per heavy atom. The van der Waals surface area contributed by atoms with Gasteiger partial charge in [0.2, 0.25) is 0 Å². The molecule has 1 heterocycles. The van der Waals surface area contributed by atoms with E-state index in [0.717, 1.165) is 23.3 Å². The molecule has 102 valence electrons. The van der Waals surface area contributed by atoms with Crippen molar-refractivity contribution in [3.8, 4) is 5.75 Å². The largest absolute Gasteiger partial charge is 0.448 e. The van der Waals surface area contributed by atoms with Gasteiger partial charge in [-0.3, -0.25) is 4.79 Å². The molecule has 2 aromatic rings. The maximum Gasteiger partial charge on any atom is 0.306 e. The molecule has 0 spiro atoms. The van der Waals surface area contributed by atoms with Crippen LogP contribution in [0.4, 0.5) is 0 Å². The zero-order valence-corrected chi connectivity index (χ0v) is 11.3. The Morgan fingerprint density at radius 3 is 2.55 bits per heavy atom. The highest BCUT2D eigenvalue weighted by molar-refractivity contribution is 5.66. The summed E-state index contributed by atoms with van der Waals surface area (Å²) in [7, 11) is 0. The fraction of sp³-hybridized carbons (Fsp3) is 0.235. The third-order valence-corrected chi connectivity index (χ3v) is 3.49. The summed E-state index contributed by atoms with van der Waals surface area (Å²) in [5.74, 6) is -0.571. The minimum atomic E-state index is -1.01. The zero-order chi connectivity index (χ0) is 14.0. The summed E-state index contributed by atoms with van der Waals surface area (Å²) in [5.41, 5.74) is 2.01. The standard InChI is InChI=1S/C17H16O3/c1-13(18)19-17(15-8-3-2-4-9-15)12-11-14-7-5-6-10-16(14)20-17/h2-10H,11-12H2,1H3. The summed E-state index contributed by atoms with van der Waals surface area (Å²) in [6, 6.07) is 17.5. The van der Waals surface area contributed by atoms with Gasteiger partial charge in [-0.25, -0.2) is 0 Å². The van der Waals surface area contributed by atoms with Gasteiger partial charge in [-0.05, 0) is 18.1 Å². The molecule has 0 N–H and O–H groups in total. The van der Waals surface area contributed by atoms with Crippen molar-refractivity contribution in [3.63, 3.8) is 0 Å². The van der Waals surface area contributed by atoms with Crippen LogP contribution < -0.4 is 4.74 Å². The van der Waals surface area contributed by atoms with Crippen molar-refractivity contribution in [2.75, 3.05) is 0 Å². The van der Waals surface area contributed by atoms with E-state index in [1.165, 1.54) is 6.92 Å². The van der Waals surface area contributed by atoms with Gasteiger partial charge < -0.3 is 9.47 Å². The van der Waals surface area contributed by atoms with Crippen molar-refractivity contribution in [2.24, 2.45) is 0 Å². The van der Waals surface area contributed by atoms with Crippen LogP contribution in [0.3, 0.4) is 0 Å². The normalized spacial score (nSPS) is 20.6. The molecule has 3 heteroatoms. The van der Waals surface area contributed by atoms with E-state index in [1.54, 1.807) is 0 Å². The molecule has 0 saturated carbocycles. The molecule has 0 fully saturated rings. The Morgan fingerprint density at radius 1 is 1.10 bits per heavy atom. The fourth-order valence-corrected chi connectivity index (χ4v) is 2.60. The second kappa shape index (κ2) is 5.00. The quantitative estimate of drug-likeness (QED) is 0.783. The van der Waals surface area contributed by atoms with Gasteiger partial charge in [0.25, 0.3) is 5.79 Å². The van der Waals surface area contributed by atoms with E-state index < -0.39 is 5.79 Å². The molecule has 0 amide bonds. The van der Waals surface area contributed by atoms with Crippen LogP contribution >= 0.6 is 0 Å². The van der Waals surface area contributed by atoms with Crippen molar-refractivity contribution in [3.05, 3.63) is 65.7 Å². The molecule has 0 aromatic heterocycles. The van der Waals surface area contributed by atoms with Gasteiger partial charge in [-0.15, -0.1) is 0 Å². The first-order chi connectivity index (χ1) is 9.70. The van der Waals surface area contributed by atoms with Crippen LogP contribution in [-0.2, 0) is 21.7 Å². The summed E-state index contributed by atoms with van der Waals surface area (Å²) in [4.78, 5) is 11.5. The van der Waals surface area contributed by atoms with E-state index in [9.17, 15) is 4.79 Å². The van der Waals surface area contributed by atoms with Crippen LogP contribution in [0.15, 0.2) is 54.6 Å². The number of esters is 1. The second-order valence-corrected chi connectivity index (χ2v) is 4.92. The summed E-state index contributed by atoms with van der Waals surface area (Å²) in [5, 5.41) is 0. The number of carbonyl (C=O) groups excluding carboxylic acids is 1.